The first-order valence-electron chi connectivity index (χ1n) is 4.36. The molecule has 75 valence electrons. The molecule has 0 bridgehead atoms. The summed E-state index contributed by atoms with van der Waals surface area (Å²) in [6, 6.07) is 1.02. The highest BCUT2D eigenvalue weighted by atomic mass is 28.3. The first-order valence-corrected chi connectivity index (χ1v) is 6.48. The third-order valence-electron chi connectivity index (χ3n) is 1.57. The largest absolute Gasteiger partial charge is 0.463 e. The Morgan fingerprint density at radius 3 is 2.77 bits per heavy atom. The molecule has 0 aliphatic carbocycles. The number of ether oxygens (including phenoxy) is 1. The molecule has 0 aliphatic rings. The fourth-order valence-electron chi connectivity index (χ4n) is 0.780. The van der Waals surface area contributed by atoms with Crippen molar-refractivity contribution >= 4 is 15.0 Å². The topological polar surface area (TPSA) is 35.5 Å². The maximum atomic E-state index is 10.8. The van der Waals surface area contributed by atoms with E-state index in [1.54, 1.807) is 20.1 Å². The quantitative estimate of drug-likeness (QED) is 0.284. The Kier molecular flexibility index (Phi) is 7.63. The molecule has 1 radical (unpaired) electrons. The van der Waals surface area contributed by atoms with Crippen LogP contribution in [-0.2, 0) is 14.0 Å². The molecule has 0 heterocycles. The first kappa shape index (κ1) is 12.4. The van der Waals surface area contributed by atoms with E-state index in [2.05, 4.69) is 6.55 Å². The van der Waals surface area contributed by atoms with Crippen LogP contribution in [0.15, 0.2) is 12.2 Å². The van der Waals surface area contributed by atoms with Gasteiger partial charge in [0, 0.05) is 13.2 Å². The van der Waals surface area contributed by atoms with E-state index in [1.165, 1.54) is 6.08 Å². The van der Waals surface area contributed by atoms with Crippen molar-refractivity contribution in [3.8, 4) is 0 Å². The molecule has 0 saturated heterocycles. The number of carbonyl (C=O) groups excluding carboxylic acids is 1. The van der Waals surface area contributed by atoms with Crippen LogP contribution in [0, 0.1) is 0 Å². The zero-order valence-electron chi connectivity index (χ0n) is 8.50. The van der Waals surface area contributed by atoms with Gasteiger partial charge in [-0.1, -0.05) is 6.08 Å². The van der Waals surface area contributed by atoms with Gasteiger partial charge in [0.05, 0.1) is 6.61 Å². The Balaban J connectivity index is 3.30. The van der Waals surface area contributed by atoms with Gasteiger partial charge in [-0.25, -0.2) is 4.79 Å². The van der Waals surface area contributed by atoms with Gasteiger partial charge in [-0.2, -0.15) is 0 Å². The van der Waals surface area contributed by atoms with Gasteiger partial charge in [-0.15, -0.1) is 0 Å². The molecule has 0 aliphatic heterocycles. The Hall–Kier alpha value is -0.613. The summed E-state index contributed by atoms with van der Waals surface area (Å²) in [6.07, 6.45) is 3.99. The van der Waals surface area contributed by atoms with Gasteiger partial charge in [0.15, 0.2) is 0 Å². The predicted octanol–water partition coefficient (Wildman–Crippen LogP) is 1.76. The first-order chi connectivity index (χ1) is 6.20. The predicted molar refractivity (Wildman–Crippen MR) is 53.8 cm³/mol. The van der Waals surface area contributed by atoms with E-state index in [0.29, 0.717) is 6.61 Å². The average Bonchev–Trinajstić information content (AvgIpc) is 2.12. The summed E-state index contributed by atoms with van der Waals surface area (Å²) >= 11 is 0. The summed E-state index contributed by atoms with van der Waals surface area (Å²) in [5.41, 5.74) is 0. The highest BCUT2D eigenvalue weighted by Gasteiger charge is 2.03. The van der Waals surface area contributed by atoms with Crippen molar-refractivity contribution < 1.29 is 14.0 Å². The molecule has 0 atom stereocenters. The lowest BCUT2D eigenvalue weighted by molar-refractivity contribution is -0.137. The summed E-state index contributed by atoms with van der Waals surface area (Å²) in [6.45, 7) is 4.38. The van der Waals surface area contributed by atoms with Crippen molar-refractivity contribution in [1.82, 2.24) is 0 Å². The Morgan fingerprint density at radius 1 is 1.54 bits per heavy atom. The summed E-state index contributed by atoms with van der Waals surface area (Å²) in [5.74, 6) is -0.259. The number of allylic oxidation sites excluding steroid dienone is 1. The lowest BCUT2D eigenvalue weighted by Crippen LogP contribution is -2.11. The average molecular weight is 201 g/mol. The van der Waals surface area contributed by atoms with E-state index in [-0.39, 0.29) is 5.97 Å². The molecular weight excluding hydrogens is 184 g/mol. The van der Waals surface area contributed by atoms with Crippen molar-refractivity contribution in [3.63, 3.8) is 0 Å². The maximum Gasteiger partial charge on any atom is 0.330 e. The molecule has 0 aromatic heterocycles. The second-order valence-electron chi connectivity index (χ2n) is 2.68. The van der Waals surface area contributed by atoms with Gasteiger partial charge >= 0.3 is 5.97 Å². The molecule has 0 saturated carbocycles. The molecule has 0 spiro atoms. The van der Waals surface area contributed by atoms with Crippen LogP contribution in [-0.4, -0.2) is 28.7 Å². The minimum Gasteiger partial charge on any atom is -0.463 e. The summed E-state index contributed by atoms with van der Waals surface area (Å²) in [4.78, 5) is 10.8. The smallest absolute Gasteiger partial charge is 0.330 e. The number of hydrogen-bond donors (Lipinski definition) is 0. The Morgan fingerprint density at radius 2 is 2.23 bits per heavy atom. The fraction of sp³-hybridized carbons (Fsp3) is 0.667. The van der Waals surface area contributed by atoms with Crippen LogP contribution >= 0.6 is 0 Å². The molecule has 0 unspecified atom stereocenters. The van der Waals surface area contributed by atoms with Gasteiger partial charge in [-0.05, 0) is 25.9 Å². The molecule has 13 heavy (non-hydrogen) atoms. The van der Waals surface area contributed by atoms with E-state index in [1.807, 2.05) is 0 Å². The van der Waals surface area contributed by atoms with Crippen LogP contribution in [0.3, 0.4) is 0 Å². The summed E-state index contributed by atoms with van der Waals surface area (Å²) < 4.78 is 10.1. The minimum atomic E-state index is -0.648. The molecule has 4 heteroatoms. The van der Waals surface area contributed by atoms with E-state index in [0.717, 1.165) is 12.5 Å². The zero-order valence-corrected chi connectivity index (χ0v) is 9.50. The molecule has 0 aromatic carbocycles. The lowest BCUT2D eigenvalue weighted by Gasteiger charge is -2.05. The number of hydrogen-bond acceptors (Lipinski definition) is 3. The minimum absolute atomic E-state index is 0.259. The van der Waals surface area contributed by atoms with Crippen molar-refractivity contribution in [3.05, 3.63) is 12.2 Å². The van der Waals surface area contributed by atoms with Gasteiger partial charge in [0.2, 0.25) is 9.04 Å². The van der Waals surface area contributed by atoms with Crippen LogP contribution in [0.5, 0.6) is 0 Å². The second kappa shape index (κ2) is 8.01. The normalized spacial score (nSPS) is 11.1. The van der Waals surface area contributed by atoms with Crippen LogP contribution < -0.4 is 0 Å². The van der Waals surface area contributed by atoms with Gasteiger partial charge in [0.1, 0.15) is 0 Å². The zero-order chi connectivity index (χ0) is 10.1. The summed E-state index contributed by atoms with van der Waals surface area (Å²) in [5, 5.41) is 0. The number of esters is 1. The Bertz CT molecular complexity index is 168. The van der Waals surface area contributed by atoms with Crippen molar-refractivity contribution in [1.29, 1.82) is 0 Å². The molecule has 3 nitrogen and oxygen atoms in total. The van der Waals surface area contributed by atoms with Crippen molar-refractivity contribution in [2.75, 3.05) is 13.7 Å². The number of carbonyl (C=O) groups is 1. The van der Waals surface area contributed by atoms with E-state index >= 15 is 0 Å². The number of rotatable bonds is 6. The van der Waals surface area contributed by atoms with Crippen LogP contribution in [0.25, 0.3) is 0 Å². The molecule has 0 N–H and O–H groups in total. The third-order valence-corrected chi connectivity index (χ3v) is 3.32. The maximum absolute atomic E-state index is 10.8. The molecule has 0 aromatic rings. The highest BCUT2D eigenvalue weighted by molar-refractivity contribution is 6.50. The second-order valence-corrected chi connectivity index (χ2v) is 4.99. The SMILES string of the molecule is CC=CC(=O)OCCC[Si](C)OC. The molecule has 0 amide bonds. The van der Waals surface area contributed by atoms with E-state index in [9.17, 15) is 4.79 Å². The Labute approximate surface area is 81.5 Å². The van der Waals surface area contributed by atoms with Crippen molar-refractivity contribution in [2.24, 2.45) is 0 Å². The van der Waals surface area contributed by atoms with Crippen LogP contribution in [0.2, 0.25) is 12.6 Å². The molecule has 0 rings (SSSR count). The standard InChI is InChI=1S/C9H17O3Si/c1-4-6-9(10)12-7-5-8-13(3)11-2/h4,6H,5,7-8H2,1-3H3. The third kappa shape index (κ3) is 7.74. The highest BCUT2D eigenvalue weighted by Crippen LogP contribution is 1.98. The van der Waals surface area contributed by atoms with Crippen LogP contribution in [0.4, 0.5) is 0 Å². The molecule has 0 fully saturated rings. The van der Waals surface area contributed by atoms with Crippen molar-refractivity contribution in [2.45, 2.75) is 25.9 Å². The van der Waals surface area contributed by atoms with Gasteiger partial charge in [-0.3, -0.25) is 0 Å². The van der Waals surface area contributed by atoms with Gasteiger partial charge in [0.25, 0.3) is 0 Å². The van der Waals surface area contributed by atoms with E-state index < -0.39 is 9.04 Å². The van der Waals surface area contributed by atoms with E-state index in [4.69, 9.17) is 9.16 Å². The monoisotopic (exact) mass is 201 g/mol. The molecular formula is C9H17O3Si. The van der Waals surface area contributed by atoms with Crippen LogP contribution in [0.1, 0.15) is 13.3 Å². The lowest BCUT2D eigenvalue weighted by atomic mass is 10.5. The van der Waals surface area contributed by atoms with Gasteiger partial charge < -0.3 is 9.16 Å². The summed E-state index contributed by atoms with van der Waals surface area (Å²) in [7, 11) is 1.07. The fourth-order valence-corrected chi connectivity index (χ4v) is 1.63.